The number of likely N-dealkylation sites (tertiary alicyclic amines) is 1. The number of carbonyl (C=O) groups is 1. The monoisotopic (exact) mass is 325 g/mol. The number of pyridine rings is 1. The lowest BCUT2D eigenvalue weighted by Gasteiger charge is -2.26. The van der Waals surface area contributed by atoms with Gasteiger partial charge in [0.25, 0.3) is 0 Å². The van der Waals surface area contributed by atoms with E-state index in [2.05, 4.69) is 10.3 Å². The van der Waals surface area contributed by atoms with Gasteiger partial charge in [-0.2, -0.15) is 0 Å². The molecule has 2 aromatic rings. The molecule has 0 spiro atoms. The highest BCUT2D eigenvalue weighted by atomic mass is 16.6. The number of nitrogens with one attached hydrogen (secondary N) is 1. The lowest BCUT2D eigenvalue weighted by Crippen LogP contribution is -2.34. The Morgan fingerprint density at radius 2 is 2.08 bits per heavy atom. The molecule has 1 N–H and O–H groups in total. The first-order chi connectivity index (χ1) is 11.8. The van der Waals surface area contributed by atoms with Gasteiger partial charge in [-0.25, -0.2) is 4.79 Å². The summed E-state index contributed by atoms with van der Waals surface area (Å²) in [7, 11) is 0. The third kappa shape index (κ3) is 2.87. The van der Waals surface area contributed by atoms with Crippen molar-refractivity contribution in [3.63, 3.8) is 0 Å². The van der Waals surface area contributed by atoms with Crippen LogP contribution in [0.5, 0.6) is 11.5 Å². The Hall–Kier alpha value is -2.76. The van der Waals surface area contributed by atoms with Crippen LogP contribution in [-0.2, 0) is 0 Å². The summed E-state index contributed by atoms with van der Waals surface area (Å²) < 4.78 is 11.2. The number of hydrogen-bond acceptors (Lipinski definition) is 4. The van der Waals surface area contributed by atoms with Crippen LogP contribution < -0.4 is 14.8 Å². The van der Waals surface area contributed by atoms with Gasteiger partial charge in [-0.3, -0.25) is 4.98 Å². The molecule has 3 heterocycles. The van der Waals surface area contributed by atoms with E-state index >= 15 is 0 Å². The predicted octanol–water partition coefficient (Wildman–Crippen LogP) is 3.22. The summed E-state index contributed by atoms with van der Waals surface area (Å²) in [6, 6.07) is 9.54. The number of urea groups is 1. The number of nitrogens with zero attached hydrogens (tertiary/aromatic N) is 2. The molecule has 0 unspecified atom stereocenters. The molecule has 24 heavy (non-hydrogen) atoms. The molecule has 1 saturated heterocycles. The van der Waals surface area contributed by atoms with Gasteiger partial charge < -0.3 is 19.7 Å². The highest BCUT2D eigenvalue weighted by Gasteiger charge is 2.31. The average molecular weight is 325 g/mol. The first-order valence-corrected chi connectivity index (χ1v) is 8.18. The number of benzene rings is 1. The first-order valence-electron chi connectivity index (χ1n) is 8.18. The number of anilines is 1. The summed E-state index contributed by atoms with van der Waals surface area (Å²) >= 11 is 0. The van der Waals surface area contributed by atoms with Crippen LogP contribution >= 0.6 is 0 Å². The molecule has 0 bridgehead atoms. The smallest absolute Gasteiger partial charge is 0.322 e. The fourth-order valence-corrected chi connectivity index (χ4v) is 3.26. The Morgan fingerprint density at radius 1 is 1.21 bits per heavy atom. The minimum Gasteiger partial charge on any atom is -0.486 e. The summed E-state index contributed by atoms with van der Waals surface area (Å²) in [5.41, 5.74) is 1.79. The quantitative estimate of drug-likeness (QED) is 0.921. The second-order valence-corrected chi connectivity index (χ2v) is 5.93. The van der Waals surface area contributed by atoms with Gasteiger partial charge in [-0.15, -0.1) is 0 Å². The molecule has 2 amide bonds. The fourth-order valence-electron chi connectivity index (χ4n) is 3.26. The maximum Gasteiger partial charge on any atom is 0.322 e. The zero-order valence-corrected chi connectivity index (χ0v) is 13.3. The summed E-state index contributed by atoms with van der Waals surface area (Å²) in [5, 5.41) is 2.91. The molecule has 0 saturated carbocycles. The summed E-state index contributed by atoms with van der Waals surface area (Å²) in [4.78, 5) is 18.5. The Labute approximate surface area is 140 Å². The van der Waals surface area contributed by atoms with Gasteiger partial charge in [-0.1, -0.05) is 6.07 Å². The second kappa shape index (κ2) is 6.39. The first kappa shape index (κ1) is 14.8. The van der Waals surface area contributed by atoms with E-state index in [9.17, 15) is 4.79 Å². The number of hydrogen-bond donors (Lipinski definition) is 1. The van der Waals surface area contributed by atoms with Gasteiger partial charge in [0.1, 0.15) is 13.2 Å². The zero-order valence-electron chi connectivity index (χ0n) is 13.3. The van der Waals surface area contributed by atoms with Gasteiger partial charge in [-0.05, 0) is 42.7 Å². The average Bonchev–Trinajstić information content (AvgIpc) is 3.12. The summed E-state index contributed by atoms with van der Waals surface area (Å²) in [6.45, 7) is 1.88. The Balaban J connectivity index is 1.53. The largest absolute Gasteiger partial charge is 0.486 e. The van der Waals surface area contributed by atoms with Crippen LogP contribution in [0, 0.1) is 0 Å². The second-order valence-electron chi connectivity index (χ2n) is 5.93. The fraction of sp³-hybridized carbons (Fsp3) is 0.333. The standard InChI is InChI=1S/C18H19N3O3/c22-18(20-14-3-1-7-19-12-14)21-8-2-4-15(21)13-5-6-16-17(11-13)24-10-9-23-16/h1,3,5-7,11-12,15H,2,4,8-10H2,(H,20,22)/t15-/m0/s1. The Bertz CT molecular complexity index is 736. The molecule has 2 aliphatic rings. The van der Waals surface area contributed by atoms with Crippen LogP contribution in [0.15, 0.2) is 42.7 Å². The molecular formula is C18H19N3O3. The van der Waals surface area contributed by atoms with Crippen LogP contribution in [0.1, 0.15) is 24.4 Å². The van der Waals surface area contributed by atoms with E-state index in [-0.39, 0.29) is 12.1 Å². The third-order valence-corrected chi connectivity index (χ3v) is 4.38. The van der Waals surface area contributed by atoms with E-state index in [0.29, 0.717) is 18.9 Å². The van der Waals surface area contributed by atoms with Crippen LogP contribution in [-0.4, -0.2) is 35.7 Å². The SMILES string of the molecule is O=C(Nc1cccnc1)N1CCC[C@H]1c1ccc2c(c1)OCCO2. The molecule has 4 rings (SSSR count). The number of fused-ring (bicyclic) bond motifs is 1. The third-order valence-electron chi connectivity index (χ3n) is 4.38. The van der Waals surface area contributed by atoms with E-state index in [0.717, 1.165) is 36.4 Å². The van der Waals surface area contributed by atoms with Crippen LogP contribution in [0.3, 0.4) is 0 Å². The molecule has 1 fully saturated rings. The molecule has 0 radical (unpaired) electrons. The lowest BCUT2D eigenvalue weighted by atomic mass is 10.0. The number of rotatable bonds is 2. The molecule has 6 nitrogen and oxygen atoms in total. The molecule has 0 aliphatic carbocycles. The normalized spacial score (nSPS) is 19.2. The summed E-state index contributed by atoms with van der Waals surface area (Å²) in [6.07, 6.45) is 5.26. The van der Waals surface area contributed by atoms with E-state index in [1.165, 1.54) is 0 Å². The van der Waals surface area contributed by atoms with Crippen molar-refractivity contribution in [1.29, 1.82) is 0 Å². The number of aromatic nitrogens is 1. The number of amides is 2. The zero-order chi connectivity index (χ0) is 16.4. The molecule has 124 valence electrons. The van der Waals surface area contributed by atoms with Crippen molar-refractivity contribution in [2.24, 2.45) is 0 Å². The topological polar surface area (TPSA) is 63.7 Å². The molecule has 1 aromatic heterocycles. The van der Waals surface area contributed by atoms with E-state index in [1.807, 2.05) is 29.2 Å². The molecule has 2 aliphatic heterocycles. The van der Waals surface area contributed by atoms with Crippen molar-refractivity contribution in [3.05, 3.63) is 48.3 Å². The maximum absolute atomic E-state index is 12.6. The Kier molecular flexibility index (Phi) is 3.94. The minimum absolute atomic E-state index is 0.0532. The van der Waals surface area contributed by atoms with Crippen molar-refractivity contribution in [2.75, 3.05) is 25.1 Å². The number of carbonyl (C=O) groups excluding carboxylic acids is 1. The van der Waals surface area contributed by atoms with E-state index < -0.39 is 0 Å². The molecule has 1 aromatic carbocycles. The van der Waals surface area contributed by atoms with Crippen molar-refractivity contribution in [1.82, 2.24) is 9.88 Å². The highest BCUT2D eigenvalue weighted by Crippen LogP contribution is 2.38. The maximum atomic E-state index is 12.6. The minimum atomic E-state index is -0.0969. The van der Waals surface area contributed by atoms with Crippen molar-refractivity contribution >= 4 is 11.7 Å². The van der Waals surface area contributed by atoms with Gasteiger partial charge in [0.15, 0.2) is 11.5 Å². The van der Waals surface area contributed by atoms with Gasteiger partial charge in [0.05, 0.1) is 17.9 Å². The van der Waals surface area contributed by atoms with Crippen LogP contribution in [0.2, 0.25) is 0 Å². The van der Waals surface area contributed by atoms with E-state index in [4.69, 9.17) is 9.47 Å². The van der Waals surface area contributed by atoms with Crippen LogP contribution in [0.25, 0.3) is 0 Å². The predicted molar refractivity (Wildman–Crippen MR) is 89.4 cm³/mol. The summed E-state index contributed by atoms with van der Waals surface area (Å²) in [5.74, 6) is 1.53. The van der Waals surface area contributed by atoms with Gasteiger partial charge >= 0.3 is 6.03 Å². The lowest BCUT2D eigenvalue weighted by molar-refractivity contribution is 0.170. The number of ether oxygens (including phenoxy) is 2. The van der Waals surface area contributed by atoms with Gasteiger partial charge in [0.2, 0.25) is 0 Å². The highest BCUT2D eigenvalue weighted by molar-refractivity contribution is 5.89. The van der Waals surface area contributed by atoms with E-state index in [1.54, 1.807) is 18.5 Å². The van der Waals surface area contributed by atoms with Crippen molar-refractivity contribution in [2.45, 2.75) is 18.9 Å². The van der Waals surface area contributed by atoms with Crippen molar-refractivity contribution in [3.8, 4) is 11.5 Å². The molecular weight excluding hydrogens is 306 g/mol. The Morgan fingerprint density at radius 3 is 2.92 bits per heavy atom. The van der Waals surface area contributed by atoms with Gasteiger partial charge in [0, 0.05) is 12.7 Å². The van der Waals surface area contributed by atoms with Crippen LogP contribution in [0.4, 0.5) is 10.5 Å². The molecule has 6 heteroatoms. The molecule has 1 atom stereocenters. The van der Waals surface area contributed by atoms with Crippen molar-refractivity contribution < 1.29 is 14.3 Å².